The number of ether oxygens (including phenoxy) is 1. The van der Waals surface area contributed by atoms with Crippen molar-refractivity contribution in [2.24, 2.45) is 5.73 Å². The van der Waals surface area contributed by atoms with E-state index in [2.05, 4.69) is 27.1 Å². The number of nitrogens with two attached hydrogens (primary N) is 1. The van der Waals surface area contributed by atoms with E-state index >= 15 is 0 Å². The molecule has 1 aromatic carbocycles. The highest BCUT2D eigenvalue weighted by Gasteiger charge is 2.29. The molecule has 8 nitrogen and oxygen atoms in total. The van der Waals surface area contributed by atoms with Gasteiger partial charge in [-0.05, 0) is 63.6 Å². The number of hydrogen-bond donors (Lipinski definition) is 3. The minimum Gasteiger partial charge on any atom is -0.381 e. The average Bonchev–Trinajstić information content (AvgIpc) is 3.11. The lowest BCUT2D eigenvalue weighted by atomic mass is 9.91. The van der Waals surface area contributed by atoms with E-state index in [4.69, 9.17) is 32.0 Å². The predicted molar refractivity (Wildman–Crippen MR) is 128 cm³/mol. The third-order valence-electron chi connectivity index (χ3n) is 6.63. The zero-order chi connectivity index (χ0) is 22.1. The summed E-state index contributed by atoms with van der Waals surface area (Å²) in [6.45, 7) is 3.70. The van der Waals surface area contributed by atoms with Crippen molar-refractivity contribution < 1.29 is 4.74 Å². The van der Waals surface area contributed by atoms with Gasteiger partial charge in [-0.3, -0.25) is 4.57 Å². The fourth-order valence-electron chi connectivity index (χ4n) is 4.66. The molecule has 3 heterocycles. The second kappa shape index (κ2) is 8.84. The van der Waals surface area contributed by atoms with Gasteiger partial charge >= 0.3 is 0 Å². The van der Waals surface area contributed by atoms with E-state index in [-0.39, 0.29) is 17.6 Å². The molecular formula is C23H30ClN7O. The quantitative estimate of drug-likeness (QED) is 0.514. The Kier molecular flexibility index (Phi) is 5.92. The molecule has 1 saturated carbocycles. The monoisotopic (exact) mass is 455 g/mol. The molecule has 0 atom stereocenters. The van der Waals surface area contributed by atoms with Gasteiger partial charge < -0.3 is 21.1 Å². The Morgan fingerprint density at radius 1 is 1.16 bits per heavy atom. The molecule has 5 rings (SSSR count). The average molecular weight is 456 g/mol. The number of fused-ring (bicyclic) bond motifs is 1. The van der Waals surface area contributed by atoms with Gasteiger partial charge in [0.25, 0.3) is 0 Å². The van der Waals surface area contributed by atoms with E-state index in [0.29, 0.717) is 11.0 Å². The molecule has 0 unspecified atom stereocenters. The van der Waals surface area contributed by atoms with Gasteiger partial charge in [0.1, 0.15) is 5.52 Å². The summed E-state index contributed by atoms with van der Waals surface area (Å²) in [6.07, 6.45) is 7.65. The summed E-state index contributed by atoms with van der Waals surface area (Å²) in [5.41, 5.74) is 8.61. The Hall–Kier alpha value is -2.42. The summed E-state index contributed by atoms with van der Waals surface area (Å²) in [5, 5.41) is 7.68. The van der Waals surface area contributed by atoms with Crippen molar-refractivity contribution in [2.75, 3.05) is 23.8 Å². The lowest BCUT2D eigenvalue weighted by Crippen LogP contribution is -2.41. The van der Waals surface area contributed by atoms with E-state index in [1.807, 2.05) is 30.5 Å². The first-order valence-electron chi connectivity index (χ1n) is 11.4. The first-order chi connectivity index (χ1) is 15.5. The first-order valence-corrected chi connectivity index (χ1v) is 11.8. The first kappa shape index (κ1) is 21.4. The van der Waals surface area contributed by atoms with Crippen molar-refractivity contribution in [3.8, 4) is 0 Å². The van der Waals surface area contributed by atoms with Gasteiger partial charge in [0, 0.05) is 41.5 Å². The molecule has 9 heteroatoms. The molecule has 3 aromatic rings. The van der Waals surface area contributed by atoms with Crippen molar-refractivity contribution in [1.29, 1.82) is 0 Å². The molecule has 0 bridgehead atoms. The number of hydrogen-bond acceptors (Lipinski definition) is 7. The van der Waals surface area contributed by atoms with Crippen molar-refractivity contribution in [1.82, 2.24) is 19.5 Å². The van der Waals surface area contributed by atoms with Crippen molar-refractivity contribution >= 4 is 40.3 Å². The van der Waals surface area contributed by atoms with Gasteiger partial charge in [0.05, 0.1) is 6.20 Å². The molecule has 0 amide bonds. The molecular weight excluding hydrogens is 426 g/mol. The van der Waals surface area contributed by atoms with E-state index in [0.717, 1.165) is 74.5 Å². The van der Waals surface area contributed by atoms with Gasteiger partial charge in [0.2, 0.25) is 11.9 Å². The molecule has 2 aromatic heterocycles. The zero-order valence-electron chi connectivity index (χ0n) is 18.4. The maximum atomic E-state index is 6.20. The summed E-state index contributed by atoms with van der Waals surface area (Å²) >= 11 is 6.20. The highest BCUT2D eigenvalue weighted by atomic mass is 35.5. The van der Waals surface area contributed by atoms with Crippen LogP contribution in [0.25, 0.3) is 11.2 Å². The number of anilines is 3. The SMILES string of the molecule is CC1(Nc2ncc3nc(Nc4cccc(Cl)c4)n(C4CCC(N)CC4)c3n2)CCOCC1. The third-order valence-corrected chi connectivity index (χ3v) is 6.87. The molecule has 0 radical (unpaired) electrons. The van der Waals surface area contributed by atoms with Gasteiger partial charge in [-0.25, -0.2) is 9.97 Å². The summed E-state index contributed by atoms with van der Waals surface area (Å²) < 4.78 is 7.75. The molecule has 1 aliphatic carbocycles. The molecule has 4 N–H and O–H groups in total. The van der Waals surface area contributed by atoms with Crippen LogP contribution in [0.2, 0.25) is 5.02 Å². The number of aromatic nitrogens is 4. The number of nitrogens with zero attached hydrogens (tertiary/aromatic N) is 4. The number of benzene rings is 1. The van der Waals surface area contributed by atoms with Crippen LogP contribution in [0.15, 0.2) is 30.5 Å². The standard InChI is InChI=1S/C23H30ClN7O/c1-23(9-11-32-12-10-23)30-21-26-14-19-20(29-21)31(18-7-5-16(25)6-8-18)22(28-19)27-17-4-2-3-15(24)13-17/h2-4,13-14,16,18H,5-12,25H2,1H3,(H,27,28)(H,26,29,30). The molecule has 1 aliphatic heterocycles. The Bertz CT molecular complexity index is 1090. The highest BCUT2D eigenvalue weighted by molar-refractivity contribution is 6.30. The van der Waals surface area contributed by atoms with Gasteiger partial charge in [-0.15, -0.1) is 0 Å². The Balaban J connectivity index is 1.52. The van der Waals surface area contributed by atoms with E-state index in [1.54, 1.807) is 0 Å². The smallest absolute Gasteiger partial charge is 0.225 e. The molecule has 32 heavy (non-hydrogen) atoms. The second-order valence-corrected chi connectivity index (χ2v) is 9.65. The van der Waals surface area contributed by atoms with Crippen molar-refractivity contribution in [3.05, 3.63) is 35.5 Å². The molecule has 170 valence electrons. The summed E-state index contributed by atoms with van der Waals surface area (Å²) in [5.74, 6) is 1.39. The number of rotatable bonds is 5. The van der Waals surface area contributed by atoms with Crippen LogP contribution in [-0.2, 0) is 4.74 Å². The van der Waals surface area contributed by atoms with Crippen molar-refractivity contribution in [3.63, 3.8) is 0 Å². The largest absolute Gasteiger partial charge is 0.381 e. The highest BCUT2D eigenvalue weighted by Crippen LogP contribution is 2.35. The zero-order valence-corrected chi connectivity index (χ0v) is 19.1. The minimum atomic E-state index is -0.0732. The lowest BCUT2D eigenvalue weighted by molar-refractivity contribution is 0.0656. The van der Waals surface area contributed by atoms with Crippen LogP contribution in [0, 0.1) is 0 Å². The van der Waals surface area contributed by atoms with E-state index in [1.165, 1.54) is 0 Å². The summed E-state index contributed by atoms with van der Waals surface area (Å²) in [6, 6.07) is 8.21. The van der Waals surface area contributed by atoms with Crippen LogP contribution < -0.4 is 16.4 Å². The summed E-state index contributed by atoms with van der Waals surface area (Å²) in [7, 11) is 0. The van der Waals surface area contributed by atoms with Crippen LogP contribution in [0.5, 0.6) is 0 Å². The minimum absolute atomic E-state index is 0.0732. The van der Waals surface area contributed by atoms with Gasteiger partial charge in [-0.1, -0.05) is 17.7 Å². The fourth-order valence-corrected chi connectivity index (χ4v) is 4.85. The Morgan fingerprint density at radius 3 is 2.69 bits per heavy atom. The lowest BCUT2D eigenvalue weighted by Gasteiger charge is -2.34. The van der Waals surface area contributed by atoms with E-state index in [9.17, 15) is 0 Å². The molecule has 0 spiro atoms. The topological polar surface area (TPSA) is 103 Å². The maximum Gasteiger partial charge on any atom is 0.225 e. The van der Waals surface area contributed by atoms with Crippen LogP contribution >= 0.6 is 11.6 Å². The van der Waals surface area contributed by atoms with Crippen LogP contribution in [0.4, 0.5) is 17.6 Å². The summed E-state index contributed by atoms with van der Waals surface area (Å²) in [4.78, 5) is 14.3. The van der Waals surface area contributed by atoms with Crippen LogP contribution in [0.3, 0.4) is 0 Å². The number of imidazole rings is 1. The Morgan fingerprint density at radius 2 is 1.94 bits per heavy atom. The van der Waals surface area contributed by atoms with E-state index < -0.39 is 0 Å². The second-order valence-electron chi connectivity index (χ2n) is 9.21. The van der Waals surface area contributed by atoms with Gasteiger partial charge in [-0.2, -0.15) is 4.98 Å². The van der Waals surface area contributed by atoms with Crippen LogP contribution in [0.1, 0.15) is 51.5 Å². The van der Waals surface area contributed by atoms with Crippen molar-refractivity contribution in [2.45, 2.75) is 63.1 Å². The molecule has 2 aliphatic rings. The predicted octanol–water partition coefficient (Wildman–Crippen LogP) is 4.65. The Labute approximate surface area is 192 Å². The fraction of sp³-hybridized carbons (Fsp3) is 0.522. The van der Waals surface area contributed by atoms with Crippen LogP contribution in [-0.4, -0.2) is 44.3 Å². The molecule has 1 saturated heterocycles. The number of halogens is 1. The number of nitrogens with one attached hydrogen (secondary N) is 2. The normalized spacial score (nSPS) is 23.2. The van der Waals surface area contributed by atoms with Gasteiger partial charge in [0.15, 0.2) is 5.65 Å². The third kappa shape index (κ3) is 4.53. The maximum absolute atomic E-state index is 6.20. The molecule has 2 fully saturated rings.